The van der Waals surface area contributed by atoms with Crippen molar-refractivity contribution in [3.63, 3.8) is 0 Å². The summed E-state index contributed by atoms with van der Waals surface area (Å²) in [6.45, 7) is 5.68. The first kappa shape index (κ1) is 17.3. The van der Waals surface area contributed by atoms with Gasteiger partial charge in [0.2, 0.25) is 10.8 Å². The lowest BCUT2D eigenvalue weighted by Gasteiger charge is -2.40. The van der Waals surface area contributed by atoms with Gasteiger partial charge in [-0.25, -0.2) is 4.98 Å². The molecule has 3 aromatic rings. The molecule has 26 heavy (non-hydrogen) atoms. The minimum absolute atomic E-state index is 0.111. The molecule has 3 unspecified atom stereocenters. The zero-order valence-corrected chi connectivity index (χ0v) is 15.8. The smallest absolute Gasteiger partial charge is 0.230 e. The summed E-state index contributed by atoms with van der Waals surface area (Å²) in [5.74, 6) is 0.924. The van der Waals surface area contributed by atoms with Crippen LogP contribution >= 0.6 is 11.3 Å². The summed E-state index contributed by atoms with van der Waals surface area (Å²) in [4.78, 5) is 8.05. The van der Waals surface area contributed by atoms with Crippen LogP contribution in [0.1, 0.15) is 30.3 Å². The maximum atomic E-state index is 10.8. The van der Waals surface area contributed by atoms with Gasteiger partial charge in [-0.15, -0.1) is 0 Å². The molecule has 0 aliphatic carbocycles. The molecule has 1 aliphatic rings. The highest BCUT2D eigenvalue weighted by molar-refractivity contribution is 7.17. The standard InChI is InChI=1S/C18H22N4O3S/c1-11-8-21(9-12(2)25-11)15(13-6-4-5-7-14(13)24-3)16-17(23)22-18(26-16)19-10-20-22/h4-7,10-12,15,23H,8-9H2,1-3H3. The fourth-order valence-electron chi connectivity index (χ4n) is 3.70. The molecule has 3 heterocycles. The van der Waals surface area contributed by atoms with E-state index in [0.29, 0.717) is 4.96 Å². The molecule has 0 spiro atoms. The lowest BCUT2D eigenvalue weighted by atomic mass is 10.0. The van der Waals surface area contributed by atoms with Crippen LogP contribution in [0.3, 0.4) is 0 Å². The minimum Gasteiger partial charge on any atom is -0.496 e. The van der Waals surface area contributed by atoms with E-state index in [2.05, 4.69) is 28.8 Å². The number of hydrogen-bond acceptors (Lipinski definition) is 7. The van der Waals surface area contributed by atoms with Gasteiger partial charge in [-0.05, 0) is 19.9 Å². The van der Waals surface area contributed by atoms with Crippen molar-refractivity contribution >= 4 is 16.3 Å². The molecule has 3 atom stereocenters. The highest BCUT2D eigenvalue weighted by Crippen LogP contribution is 2.43. The van der Waals surface area contributed by atoms with Gasteiger partial charge in [0.15, 0.2) is 0 Å². The Kier molecular flexibility index (Phi) is 4.56. The first-order chi connectivity index (χ1) is 12.6. The Morgan fingerprint density at radius 3 is 2.69 bits per heavy atom. The second-order valence-electron chi connectivity index (χ2n) is 6.60. The summed E-state index contributed by atoms with van der Waals surface area (Å²) in [6.07, 6.45) is 1.67. The van der Waals surface area contributed by atoms with Gasteiger partial charge in [-0.1, -0.05) is 29.5 Å². The lowest BCUT2D eigenvalue weighted by Crippen LogP contribution is -2.47. The quantitative estimate of drug-likeness (QED) is 0.757. The Morgan fingerprint density at radius 1 is 1.27 bits per heavy atom. The number of aromatic hydroxyl groups is 1. The maximum Gasteiger partial charge on any atom is 0.230 e. The third-order valence-corrected chi connectivity index (χ3v) is 5.72. The van der Waals surface area contributed by atoms with E-state index in [9.17, 15) is 5.11 Å². The van der Waals surface area contributed by atoms with Crippen molar-refractivity contribution in [1.29, 1.82) is 0 Å². The number of aromatic nitrogens is 3. The average Bonchev–Trinajstić information content (AvgIpc) is 3.19. The van der Waals surface area contributed by atoms with E-state index in [1.165, 1.54) is 22.2 Å². The van der Waals surface area contributed by atoms with E-state index >= 15 is 0 Å². The molecule has 138 valence electrons. The average molecular weight is 374 g/mol. The van der Waals surface area contributed by atoms with Crippen LogP contribution in [0.4, 0.5) is 0 Å². The van der Waals surface area contributed by atoms with Crippen molar-refractivity contribution in [1.82, 2.24) is 19.5 Å². The second-order valence-corrected chi connectivity index (χ2v) is 7.61. The van der Waals surface area contributed by atoms with E-state index < -0.39 is 0 Å². The molecule has 1 aromatic carbocycles. The highest BCUT2D eigenvalue weighted by atomic mass is 32.1. The van der Waals surface area contributed by atoms with Gasteiger partial charge in [0.25, 0.3) is 0 Å². The number of fused-ring (bicyclic) bond motifs is 1. The van der Waals surface area contributed by atoms with E-state index in [1.807, 2.05) is 24.3 Å². The summed E-state index contributed by atoms with van der Waals surface area (Å²) >= 11 is 1.45. The van der Waals surface area contributed by atoms with Gasteiger partial charge >= 0.3 is 0 Å². The summed E-state index contributed by atoms with van der Waals surface area (Å²) in [5, 5.41) is 14.9. The van der Waals surface area contributed by atoms with Crippen molar-refractivity contribution in [2.75, 3.05) is 20.2 Å². The number of thiazole rings is 1. The van der Waals surface area contributed by atoms with Gasteiger partial charge in [-0.3, -0.25) is 4.90 Å². The maximum absolute atomic E-state index is 10.8. The van der Waals surface area contributed by atoms with Crippen molar-refractivity contribution in [3.05, 3.63) is 41.0 Å². The van der Waals surface area contributed by atoms with E-state index in [-0.39, 0.29) is 24.1 Å². The van der Waals surface area contributed by atoms with Crippen LogP contribution in [-0.2, 0) is 4.74 Å². The fourth-order valence-corrected chi connectivity index (χ4v) is 4.78. The third kappa shape index (κ3) is 2.94. The zero-order valence-electron chi connectivity index (χ0n) is 15.0. The van der Waals surface area contributed by atoms with Crippen LogP contribution in [0.25, 0.3) is 4.96 Å². The van der Waals surface area contributed by atoms with E-state index in [1.54, 1.807) is 7.11 Å². The molecule has 0 bridgehead atoms. The molecule has 1 aliphatic heterocycles. The van der Waals surface area contributed by atoms with Gasteiger partial charge in [-0.2, -0.15) is 9.61 Å². The number of morpholine rings is 1. The van der Waals surface area contributed by atoms with Crippen LogP contribution in [0, 0.1) is 0 Å². The van der Waals surface area contributed by atoms with Gasteiger partial charge < -0.3 is 14.6 Å². The summed E-state index contributed by atoms with van der Waals surface area (Å²) in [7, 11) is 1.67. The Hall–Kier alpha value is -2.16. The lowest BCUT2D eigenvalue weighted by molar-refractivity contribution is -0.0765. The molecule has 4 rings (SSSR count). The largest absolute Gasteiger partial charge is 0.496 e. The zero-order chi connectivity index (χ0) is 18.3. The number of nitrogens with zero attached hydrogens (tertiary/aromatic N) is 4. The number of ether oxygens (including phenoxy) is 2. The SMILES string of the molecule is COc1ccccc1C(c1sc2ncnn2c1O)N1CC(C)OC(C)C1. The molecule has 7 nitrogen and oxygen atoms in total. The van der Waals surface area contributed by atoms with Crippen molar-refractivity contribution in [2.24, 2.45) is 0 Å². The Morgan fingerprint density at radius 2 is 2.00 bits per heavy atom. The molecule has 0 amide bonds. The Balaban J connectivity index is 1.86. The predicted molar refractivity (Wildman–Crippen MR) is 98.9 cm³/mol. The highest BCUT2D eigenvalue weighted by Gasteiger charge is 2.35. The normalized spacial score (nSPS) is 22.6. The number of benzene rings is 1. The van der Waals surface area contributed by atoms with E-state index in [0.717, 1.165) is 29.3 Å². The molecular formula is C18H22N4O3S. The molecule has 2 aromatic heterocycles. The number of hydrogen-bond donors (Lipinski definition) is 1. The number of para-hydroxylation sites is 1. The molecule has 0 saturated carbocycles. The molecule has 1 fully saturated rings. The minimum atomic E-state index is -0.159. The number of rotatable bonds is 4. The van der Waals surface area contributed by atoms with Gasteiger partial charge in [0.1, 0.15) is 12.1 Å². The molecule has 0 radical (unpaired) electrons. The van der Waals surface area contributed by atoms with Crippen molar-refractivity contribution < 1.29 is 14.6 Å². The van der Waals surface area contributed by atoms with Crippen LogP contribution in [-0.4, -0.2) is 57.0 Å². The van der Waals surface area contributed by atoms with Crippen LogP contribution < -0.4 is 4.74 Å². The van der Waals surface area contributed by atoms with Gasteiger partial charge in [0, 0.05) is 18.7 Å². The summed E-state index contributed by atoms with van der Waals surface area (Å²) in [6, 6.07) is 7.78. The summed E-state index contributed by atoms with van der Waals surface area (Å²) < 4.78 is 13.0. The van der Waals surface area contributed by atoms with Gasteiger partial charge in [0.05, 0.1) is 30.2 Å². The van der Waals surface area contributed by atoms with Crippen LogP contribution in [0.2, 0.25) is 0 Å². The molecule has 1 saturated heterocycles. The Bertz CT molecular complexity index is 899. The fraction of sp³-hybridized carbons (Fsp3) is 0.444. The molecule has 1 N–H and O–H groups in total. The Labute approximate surface area is 155 Å². The number of methoxy groups -OCH3 is 1. The van der Waals surface area contributed by atoms with Crippen molar-refractivity contribution in [2.45, 2.75) is 32.1 Å². The predicted octanol–water partition coefficient (Wildman–Crippen LogP) is 2.70. The monoisotopic (exact) mass is 374 g/mol. The van der Waals surface area contributed by atoms with Crippen molar-refractivity contribution in [3.8, 4) is 11.6 Å². The molecular weight excluding hydrogens is 352 g/mol. The molecule has 8 heteroatoms. The first-order valence-electron chi connectivity index (χ1n) is 8.62. The van der Waals surface area contributed by atoms with E-state index in [4.69, 9.17) is 9.47 Å². The third-order valence-electron chi connectivity index (χ3n) is 4.63. The summed E-state index contributed by atoms with van der Waals surface area (Å²) in [5.41, 5.74) is 1.01. The first-order valence-corrected chi connectivity index (χ1v) is 9.44. The van der Waals surface area contributed by atoms with Crippen LogP contribution in [0.5, 0.6) is 11.6 Å². The second kappa shape index (κ2) is 6.86. The van der Waals surface area contributed by atoms with Crippen LogP contribution in [0.15, 0.2) is 30.6 Å². The topological polar surface area (TPSA) is 72.1 Å².